The summed E-state index contributed by atoms with van der Waals surface area (Å²) in [5, 5.41) is 2.56. The highest BCUT2D eigenvalue weighted by atomic mass is 16.6. The molecule has 2 heterocycles. The van der Waals surface area contributed by atoms with E-state index in [1.54, 1.807) is 0 Å². The van der Waals surface area contributed by atoms with Crippen molar-refractivity contribution in [3.8, 4) is 0 Å². The minimum atomic E-state index is -0.748. The summed E-state index contributed by atoms with van der Waals surface area (Å²) >= 11 is 0. The van der Waals surface area contributed by atoms with Crippen LogP contribution in [0.3, 0.4) is 0 Å². The Morgan fingerprint density at radius 2 is 1.34 bits per heavy atom. The maximum Gasteiger partial charge on any atom is 0.327 e. The molecule has 0 aliphatic carbocycles. The van der Waals surface area contributed by atoms with E-state index in [2.05, 4.69) is 10.3 Å². The molecule has 2 aliphatic heterocycles. The van der Waals surface area contributed by atoms with E-state index >= 15 is 0 Å². The Morgan fingerprint density at radius 1 is 0.816 bits per heavy atom. The number of nitrogens with two attached hydrogens (primary N) is 1. The standard InChI is InChI=1S/C29H32N4O5/c30-28-31-20-33(29(34)32-28)27-26(37-18-23-14-8-3-9-15-23)25(36-17-22-12-6-2-7-13-22)24(38-27)19-35-16-21-10-4-1-5-11-21/h1-15,24-27H,16-20H2,(H3,30,31,32,34). The Kier molecular flexibility index (Phi) is 8.62. The molecule has 0 radical (unpaired) electrons. The first-order valence-electron chi connectivity index (χ1n) is 12.6. The number of rotatable bonds is 11. The number of urea groups is 1. The highest BCUT2D eigenvalue weighted by Gasteiger charge is 2.50. The van der Waals surface area contributed by atoms with Crippen molar-refractivity contribution >= 4 is 12.0 Å². The van der Waals surface area contributed by atoms with E-state index in [0.29, 0.717) is 19.8 Å². The molecule has 0 aromatic heterocycles. The Hall–Kier alpha value is -3.76. The van der Waals surface area contributed by atoms with Gasteiger partial charge in [0.2, 0.25) is 0 Å². The zero-order chi connectivity index (χ0) is 26.2. The lowest BCUT2D eigenvalue weighted by molar-refractivity contribution is -0.105. The van der Waals surface area contributed by atoms with Crippen LogP contribution in [0.25, 0.3) is 0 Å². The van der Waals surface area contributed by atoms with Crippen LogP contribution in [0.4, 0.5) is 4.79 Å². The molecule has 2 amide bonds. The largest absolute Gasteiger partial charge is 0.374 e. The number of hydrogen-bond donors (Lipinski definition) is 2. The second kappa shape index (κ2) is 12.7. The van der Waals surface area contributed by atoms with E-state index in [1.165, 1.54) is 4.90 Å². The van der Waals surface area contributed by atoms with E-state index in [-0.39, 0.29) is 19.2 Å². The fraction of sp³-hybridized carbons (Fsp3) is 0.310. The summed E-state index contributed by atoms with van der Waals surface area (Å²) in [5.74, 6) is 0.0747. The molecule has 0 spiro atoms. The third kappa shape index (κ3) is 6.56. The van der Waals surface area contributed by atoms with Crippen LogP contribution < -0.4 is 11.1 Å². The summed E-state index contributed by atoms with van der Waals surface area (Å²) in [4.78, 5) is 18.5. The lowest BCUT2D eigenvalue weighted by Crippen LogP contribution is -2.57. The van der Waals surface area contributed by atoms with Gasteiger partial charge in [0.15, 0.2) is 12.2 Å². The van der Waals surface area contributed by atoms with Gasteiger partial charge in [0.05, 0.1) is 26.4 Å². The first-order valence-corrected chi connectivity index (χ1v) is 12.6. The van der Waals surface area contributed by atoms with Gasteiger partial charge < -0.3 is 24.7 Å². The van der Waals surface area contributed by atoms with Crippen molar-refractivity contribution in [3.05, 3.63) is 108 Å². The van der Waals surface area contributed by atoms with Crippen LogP contribution in [-0.4, -0.2) is 54.7 Å². The number of carbonyl (C=O) groups excluding carboxylic acids is 1. The molecule has 38 heavy (non-hydrogen) atoms. The molecule has 0 saturated carbocycles. The molecule has 1 fully saturated rings. The molecule has 9 nitrogen and oxygen atoms in total. The van der Waals surface area contributed by atoms with Crippen LogP contribution in [0.15, 0.2) is 96.0 Å². The maximum atomic E-state index is 12.8. The van der Waals surface area contributed by atoms with Crippen molar-refractivity contribution in [1.82, 2.24) is 10.2 Å². The van der Waals surface area contributed by atoms with Crippen molar-refractivity contribution in [2.75, 3.05) is 13.3 Å². The first kappa shape index (κ1) is 25.9. The normalized spacial score (nSPS) is 23.2. The highest BCUT2D eigenvalue weighted by Crippen LogP contribution is 2.31. The molecule has 9 heteroatoms. The van der Waals surface area contributed by atoms with E-state index in [9.17, 15) is 4.79 Å². The topological polar surface area (TPSA) is 108 Å². The van der Waals surface area contributed by atoms with Crippen molar-refractivity contribution in [1.29, 1.82) is 0 Å². The van der Waals surface area contributed by atoms with Crippen LogP contribution in [0.1, 0.15) is 16.7 Å². The number of nitrogens with one attached hydrogen (secondary N) is 1. The average Bonchev–Trinajstić information content (AvgIpc) is 3.29. The molecule has 198 valence electrons. The van der Waals surface area contributed by atoms with Gasteiger partial charge in [0, 0.05) is 0 Å². The van der Waals surface area contributed by atoms with E-state index in [0.717, 1.165) is 16.7 Å². The molecule has 4 atom stereocenters. The summed E-state index contributed by atoms with van der Waals surface area (Å²) in [5.41, 5.74) is 8.80. The Morgan fingerprint density at radius 3 is 1.89 bits per heavy atom. The second-order valence-corrected chi connectivity index (χ2v) is 9.17. The fourth-order valence-corrected chi connectivity index (χ4v) is 4.51. The second-order valence-electron chi connectivity index (χ2n) is 9.17. The molecule has 3 aromatic rings. The minimum absolute atomic E-state index is 0.0521. The highest BCUT2D eigenvalue weighted by molar-refractivity contribution is 5.96. The van der Waals surface area contributed by atoms with Crippen molar-refractivity contribution in [3.63, 3.8) is 0 Å². The van der Waals surface area contributed by atoms with Gasteiger partial charge in [0.1, 0.15) is 25.0 Å². The van der Waals surface area contributed by atoms with Gasteiger partial charge in [-0.25, -0.2) is 9.79 Å². The SMILES string of the molecule is NC1=NCN(C2OC(COCc3ccccc3)C(OCc3ccccc3)C2OCc2ccccc2)C(=O)N1. The predicted molar refractivity (Wildman–Crippen MR) is 142 cm³/mol. The zero-order valence-corrected chi connectivity index (χ0v) is 21.0. The van der Waals surface area contributed by atoms with Crippen LogP contribution in [0, 0.1) is 0 Å². The van der Waals surface area contributed by atoms with Crippen molar-refractivity contribution in [2.45, 2.75) is 44.4 Å². The lowest BCUT2D eigenvalue weighted by atomic mass is 10.1. The van der Waals surface area contributed by atoms with Gasteiger partial charge in [-0.1, -0.05) is 91.0 Å². The molecule has 4 unspecified atom stereocenters. The number of amides is 2. The summed E-state index contributed by atoms with van der Waals surface area (Å²) in [6.45, 7) is 1.43. The average molecular weight is 517 g/mol. The zero-order valence-electron chi connectivity index (χ0n) is 21.0. The molecule has 2 aliphatic rings. The van der Waals surface area contributed by atoms with Crippen molar-refractivity contribution < 1.29 is 23.7 Å². The van der Waals surface area contributed by atoms with Gasteiger partial charge in [-0.15, -0.1) is 0 Å². The Bertz CT molecular complexity index is 1200. The number of hydrogen-bond acceptors (Lipinski definition) is 7. The molecule has 5 rings (SSSR count). The van der Waals surface area contributed by atoms with Crippen LogP contribution in [0.2, 0.25) is 0 Å². The number of benzene rings is 3. The molecular weight excluding hydrogens is 484 g/mol. The molecule has 1 saturated heterocycles. The van der Waals surface area contributed by atoms with Gasteiger partial charge in [-0.05, 0) is 16.7 Å². The maximum absolute atomic E-state index is 12.8. The quantitative estimate of drug-likeness (QED) is 0.405. The number of nitrogens with zero attached hydrogens (tertiary/aromatic N) is 2. The molecule has 3 aromatic carbocycles. The van der Waals surface area contributed by atoms with Crippen LogP contribution in [-0.2, 0) is 38.8 Å². The van der Waals surface area contributed by atoms with E-state index in [1.807, 2.05) is 91.0 Å². The fourth-order valence-electron chi connectivity index (χ4n) is 4.51. The summed E-state index contributed by atoms with van der Waals surface area (Å²) in [6.07, 6.45) is -2.33. The number of guanidine groups is 1. The van der Waals surface area contributed by atoms with Gasteiger partial charge >= 0.3 is 6.03 Å². The Labute approximate surface area is 222 Å². The predicted octanol–water partition coefficient (Wildman–Crippen LogP) is 3.40. The van der Waals surface area contributed by atoms with Gasteiger partial charge in [-0.3, -0.25) is 10.2 Å². The summed E-state index contributed by atoms with van der Waals surface area (Å²) < 4.78 is 25.3. The van der Waals surface area contributed by atoms with Crippen molar-refractivity contribution in [2.24, 2.45) is 10.7 Å². The first-order chi connectivity index (χ1) is 18.7. The number of aliphatic imine (C=N–C) groups is 1. The van der Waals surface area contributed by atoms with Gasteiger partial charge in [-0.2, -0.15) is 0 Å². The lowest BCUT2D eigenvalue weighted by Gasteiger charge is -2.33. The third-order valence-corrected chi connectivity index (χ3v) is 6.45. The van der Waals surface area contributed by atoms with Crippen LogP contribution in [0.5, 0.6) is 0 Å². The summed E-state index contributed by atoms with van der Waals surface area (Å²) in [6, 6.07) is 29.3. The van der Waals surface area contributed by atoms with E-state index < -0.39 is 30.6 Å². The Balaban J connectivity index is 1.36. The van der Waals surface area contributed by atoms with E-state index in [4.69, 9.17) is 24.7 Å². The molecule has 3 N–H and O–H groups in total. The van der Waals surface area contributed by atoms with Gasteiger partial charge in [0.25, 0.3) is 0 Å². The molecule has 0 bridgehead atoms. The number of carbonyl (C=O) groups is 1. The summed E-state index contributed by atoms with van der Waals surface area (Å²) in [7, 11) is 0. The minimum Gasteiger partial charge on any atom is -0.374 e. The molecular formula is C29H32N4O5. The monoisotopic (exact) mass is 516 g/mol. The third-order valence-electron chi connectivity index (χ3n) is 6.45. The smallest absolute Gasteiger partial charge is 0.327 e. The number of ether oxygens (including phenoxy) is 4. The van der Waals surface area contributed by atoms with Crippen LogP contribution >= 0.6 is 0 Å².